The minimum absolute atomic E-state index is 0.0895. The van der Waals surface area contributed by atoms with Gasteiger partial charge in [-0.05, 0) is 49.2 Å². The first-order chi connectivity index (χ1) is 12.0. The van der Waals surface area contributed by atoms with Crippen LogP contribution in [0.4, 0.5) is 0 Å². The molecule has 0 bridgehead atoms. The lowest BCUT2D eigenvalue weighted by atomic mass is 10.1. The maximum absolute atomic E-state index is 12.3. The zero-order valence-electron chi connectivity index (χ0n) is 14.4. The van der Waals surface area contributed by atoms with Gasteiger partial charge >= 0.3 is 0 Å². The lowest BCUT2D eigenvalue weighted by molar-refractivity contribution is -0.121. The van der Waals surface area contributed by atoms with Gasteiger partial charge in [-0.15, -0.1) is 0 Å². The molecule has 2 aromatic carbocycles. The Morgan fingerprint density at radius 3 is 2.40 bits per heavy atom. The zero-order chi connectivity index (χ0) is 18.4. The van der Waals surface area contributed by atoms with E-state index in [0.717, 1.165) is 11.1 Å². The van der Waals surface area contributed by atoms with Crippen LogP contribution in [0, 0.1) is 0 Å². The molecule has 2 rings (SSSR count). The average Bonchev–Trinajstić information content (AvgIpc) is 2.60. The summed E-state index contributed by atoms with van der Waals surface area (Å²) in [6.07, 6.45) is 0.770. The van der Waals surface area contributed by atoms with Crippen LogP contribution in [-0.2, 0) is 11.2 Å². The normalized spacial score (nSPS) is 11.7. The molecular formula is C19H21Cl2NO3. The van der Waals surface area contributed by atoms with E-state index >= 15 is 0 Å². The summed E-state index contributed by atoms with van der Waals surface area (Å²) in [6.45, 7) is 1.90. The molecule has 0 fully saturated rings. The van der Waals surface area contributed by atoms with Crippen LogP contribution in [0.15, 0.2) is 36.4 Å². The van der Waals surface area contributed by atoms with Crippen LogP contribution in [0.3, 0.4) is 0 Å². The highest BCUT2D eigenvalue weighted by atomic mass is 35.5. The smallest absolute Gasteiger partial charge is 0.220 e. The van der Waals surface area contributed by atoms with Gasteiger partial charge in [0, 0.05) is 22.0 Å². The monoisotopic (exact) mass is 381 g/mol. The molecule has 2 aromatic rings. The number of ether oxygens (including phenoxy) is 2. The minimum atomic E-state index is -0.223. The number of halogens is 2. The van der Waals surface area contributed by atoms with Gasteiger partial charge in [-0.3, -0.25) is 4.79 Å². The van der Waals surface area contributed by atoms with Gasteiger partial charge in [0.05, 0.1) is 20.3 Å². The van der Waals surface area contributed by atoms with E-state index < -0.39 is 0 Å². The predicted molar refractivity (Wildman–Crippen MR) is 101 cm³/mol. The van der Waals surface area contributed by atoms with Crippen molar-refractivity contribution >= 4 is 29.1 Å². The van der Waals surface area contributed by atoms with Crippen LogP contribution >= 0.6 is 23.2 Å². The Morgan fingerprint density at radius 1 is 1.12 bits per heavy atom. The highest BCUT2D eigenvalue weighted by Gasteiger charge is 2.16. The van der Waals surface area contributed by atoms with Crippen molar-refractivity contribution in [2.24, 2.45) is 0 Å². The largest absolute Gasteiger partial charge is 0.497 e. The molecule has 0 heterocycles. The van der Waals surface area contributed by atoms with Crippen LogP contribution in [0.2, 0.25) is 10.0 Å². The fourth-order valence-corrected chi connectivity index (χ4v) is 3.17. The number of nitrogens with one attached hydrogen (secondary N) is 1. The van der Waals surface area contributed by atoms with Crippen LogP contribution in [-0.4, -0.2) is 20.1 Å². The maximum Gasteiger partial charge on any atom is 0.220 e. The molecule has 1 unspecified atom stereocenters. The molecule has 0 saturated carbocycles. The fourth-order valence-electron chi connectivity index (χ4n) is 2.58. The molecule has 0 spiro atoms. The van der Waals surface area contributed by atoms with Crippen molar-refractivity contribution in [3.8, 4) is 11.5 Å². The summed E-state index contributed by atoms with van der Waals surface area (Å²) < 4.78 is 10.6. The van der Waals surface area contributed by atoms with Crippen molar-refractivity contribution in [2.75, 3.05) is 14.2 Å². The second-order valence-electron chi connectivity index (χ2n) is 5.60. The van der Waals surface area contributed by atoms with E-state index in [1.807, 2.05) is 25.1 Å². The topological polar surface area (TPSA) is 47.6 Å². The Labute approximate surface area is 158 Å². The molecule has 134 valence electrons. The average molecular weight is 382 g/mol. The molecule has 6 heteroatoms. The van der Waals surface area contributed by atoms with E-state index in [2.05, 4.69) is 5.32 Å². The summed E-state index contributed by atoms with van der Waals surface area (Å²) in [5.41, 5.74) is 1.64. The number of benzene rings is 2. The van der Waals surface area contributed by atoms with Gasteiger partial charge < -0.3 is 14.8 Å². The summed E-state index contributed by atoms with van der Waals surface area (Å²) in [5.74, 6) is 1.32. The SMILES string of the molecule is COc1ccc(OC)c(C(C)NC(=O)CCc2c(Cl)cccc2Cl)c1. The third-order valence-electron chi connectivity index (χ3n) is 3.94. The molecular weight excluding hydrogens is 361 g/mol. The first-order valence-electron chi connectivity index (χ1n) is 7.90. The Bertz CT molecular complexity index is 729. The third-order valence-corrected chi connectivity index (χ3v) is 4.65. The minimum Gasteiger partial charge on any atom is -0.497 e. The predicted octanol–water partition coefficient (Wildman–Crippen LogP) is 4.82. The van der Waals surface area contributed by atoms with E-state index in [0.29, 0.717) is 34.4 Å². The van der Waals surface area contributed by atoms with E-state index in [9.17, 15) is 4.79 Å². The number of amides is 1. The van der Waals surface area contributed by atoms with Crippen molar-refractivity contribution in [3.05, 3.63) is 57.6 Å². The number of hydrogen-bond acceptors (Lipinski definition) is 3. The summed E-state index contributed by atoms with van der Waals surface area (Å²) >= 11 is 12.3. The Hall–Kier alpha value is -1.91. The van der Waals surface area contributed by atoms with Crippen molar-refractivity contribution in [1.82, 2.24) is 5.32 Å². The number of hydrogen-bond donors (Lipinski definition) is 1. The van der Waals surface area contributed by atoms with E-state index in [4.69, 9.17) is 32.7 Å². The van der Waals surface area contributed by atoms with E-state index in [1.54, 1.807) is 32.4 Å². The molecule has 1 N–H and O–H groups in total. The van der Waals surface area contributed by atoms with Gasteiger partial charge in [0.25, 0.3) is 0 Å². The third kappa shape index (κ3) is 5.03. The molecule has 0 aliphatic heterocycles. The molecule has 0 aliphatic carbocycles. The van der Waals surface area contributed by atoms with Gasteiger partial charge in [-0.25, -0.2) is 0 Å². The number of carbonyl (C=O) groups excluding carboxylic acids is 1. The summed E-state index contributed by atoms with van der Waals surface area (Å²) in [7, 11) is 3.20. The van der Waals surface area contributed by atoms with E-state index in [1.165, 1.54) is 0 Å². The number of methoxy groups -OCH3 is 2. The Morgan fingerprint density at radius 2 is 1.80 bits per heavy atom. The summed E-state index contributed by atoms with van der Waals surface area (Å²) in [5, 5.41) is 4.11. The first kappa shape index (κ1) is 19.4. The molecule has 1 amide bonds. The molecule has 1 atom stereocenters. The highest BCUT2D eigenvalue weighted by molar-refractivity contribution is 6.36. The van der Waals surface area contributed by atoms with Gasteiger partial charge in [0.15, 0.2) is 0 Å². The highest BCUT2D eigenvalue weighted by Crippen LogP contribution is 2.29. The zero-order valence-corrected chi connectivity index (χ0v) is 15.9. The first-order valence-corrected chi connectivity index (χ1v) is 8.66. The van der Waals surface area contributed by atoms with E-state index in [-0.39, 0.29) is 11.9 Å². The lowest BCUT2D eigenvalue weighted by Crippen LogP contribution is -2.27. The van der Waals surface area contributed by atoms with Crippen molar-refractivity contribution < 1.29 is 14.3 Å². The fraction of sp³-hybridized carbons (Fsp3) is 0.316. The second kappa shape index (κ2) is 8.97. The van der Waals surface area contributed by atoms with Crippen molar-refractivity contribution in [2.45, 2.75) is 25.8 Å². The number of rotatable bonds is 7. The molecule has 0 radical (unpaired) electrons. The Kier molecular flexibility index (Phi) is 6.97. The summed E-state index contributed by atoms with van der Waals surface area (Å²) in [6, 6.07) is 10.6. The Balaban J connectivity index is 2.03. The van der Waals surface area contributed by atoms with Crippen LogP contribution in [0.1, 0.15) is 30.5 Å². The number of carbonyl (C=O) groups is 1. The van der Waals surface area contributed by atoms with Crippen LogP contribution in [0.5, 0.6) is 11.5 Å². The van der Waals surface area contributed by atoms with Gasteiger partial charge in [0.1, 0.15) is 11.5 Å². The van der Waals surface area contributed by atoms with Gasteiger partial charge in [-0.2, -0.15) is 0 Å². The lowest BCUT2D eigenvalue weighted by Gasteiger charge is -2.18. The van der Waals surface area contributed by atoms with Crippen LogP contribution < -0.4 is 14.8 Å². The second-order valence-corrected chi connectivity index (χ2v) is 6.41. The standard InChI is InChI=1S/C19H21Cl2NO3/c1-12(15-11-13(24-2)7-9-18(15)25-3)22-19(23)10-8-14-16(20)5-4-6-17(14)21/h4-7,9,11-12H,8,10H2,1-3H3,(H,22,23). The molecule has 0 aliphatic rings. The molecule has 4 nitrogen and oxygen atoms in total. The quantitative estimate of drug-likeness (QED) is 0.747. The van der Waals surface area contributed by atoms with Crippen molar-refractivity contribution in [1.29, 1.82) is 0 Å². The molecule has 0 saturated heterocycles. The van der Waals surface area contributed by atoms with Crippen molar-refractivity contribution in [3.63, 3.8) is 0 Å². The van der Waals surface area contributed by atoms with Gasteiger partial charge in [-0.1, -0.05) is 29.3 Å². The molecule has 25 heavy (non-hydrogen) atoms. The maximum atomic E-state index is 12.3. The van der Waals surface area contributed by atoms with Gasteiger partial charge in [0.2, 0.25) is 5.91 Å². The molecule has 0 aromatic heterocycles. The van der Waals surface area contributed by atoms with Crippen LogP contribution in [0.25, 0.3) is 0 Å². The summed E-state index contributed by atoms with van der Waals surface area (Å²) in [4.78, 5) is 12.3.